The molecule has 0 amide bonds. The van der Waals surface area contributed by atoms with Gasteiger partial charge in [-0.3, -0.25) is 14.4 Å². The average molecular weight is 877 g/mol. The Bertz CT molecular complexity index is 960. The van der Waals surface area contributed by atoms with Gasteiger partial charge in [0.15, 0.2) is 6.10 Å². The van der Waals surface area contributed by atoms with Crippen LogP contribution >= 0.6 is 0 Å². The Balaban J connectivity index is 4.28. The molecule has 0 heterocycles. The van der Waals surface area contributed by atoms with Gasteiger partial charge < -0.3 is 14.2 Å². The van der Waals surface area contributed by atoms with E-state index >= 15 is 0 Å². The Labute approximate surface area is 387 Å². The molecule has 6 heteroatoms. The molecule has 0 aliphatic carbocycles. The monoisotopic (exact) mass is 877 g/mol. The number of carbonyl (C=O) groups excluding carboxylic acids is 3. The van der Waals surface area contributed by atoms with Crippen LogP contribution in [0.1, 0.15) is 305 Å². The molecular weight excluding hydrogens is 769 g/mol. The first kappa shape index (κ1) is 60.4. The van der Waals surface area contributed by atoms with Crippen molar-refractivity contribution < 1.29 is 28.6 Å². The van der Waals surface area contributed by atoms with Crippen LogP contribution in [0.4, 0.5) is 0 Å². The van der Waals surface area contributed by atoms with E-state index in [0.717, 1.165) is 75.5 Å². The molecule has 0 bridgehead atoms. The molecule has 0 radical (unpaired) electrons. The summed E-state index contributed by atoms with van der Waals surface area (Å²) in [5, 5.41) is 0. The van der Waals surface area contributed by atoms with Gasteiger partial charge in [-0.25, -0.2) is 0 Å². The largest absolute Gasteiger partial charge is 0.462 e. The molecule has 0 aromatic heterocycles. The molecule has 0 N–H and O–H groups in total. The lowest BCUT2D eigenvalue weighted by Gasteiger charge is -2.18. The zero-order valence-electron chi connectivity index (χ0n) is 42.7. The molecule has 0 aromatic carbocycles. The van der Waals surface area contributed by atoms with E-state index in [1.807, 2.05) is 0 Å². The molecule has 0 fully saturated rings. The minimum atomic E-state index is -0.763. The standard InChI is InChI=1S/C56H108O6/c1-50(2)42-36-30-24-18-12-10-8-7-9-11-13-21-27-33-39-45-54(57)60-48-53(62-56(59)47-41-35-29-23-17-15-20-26-32-38-44-52(5)6)49-61-55(58)46-40-34-28-22-16-14-19-25-31-37-43-51(3)4/h50-53H,7-49H2,1-6H3/t53-/m0/s1. The van der Waals surface area contributed by atoms with Gasteiger partial charge in [0, 0.05) is 19.3 Å². The molecule has 6 nitrogen and oxygen atoms in total. The molecule has 0 aliphatic heterocycles. The van der Waals surface area contributed by atoms with Crippen LogP contribution in [-0.4, -0.2) is 37.2 Å². The zero-order valence-corrected chi connectivity index (χ0v) is 42.7. The van der Waals surface area contributed by atoms with Crippen molar-refractivity contribution in [3.05, 3.63) is 0 Å². The summed E-state index contributed by atoms with van der Waals surface area (Å²) in [5.74, 6) is 1.64. The van der Waals surface area contributed by atoms with Crippen molar-refractivity contribution in [2.75, 3.05) is 13.2 Å². The molecule has 0 unspecified atom stereocenters. The molecule has 0 rings (SSSR count). The number of unbranched alkanes of at least 4 members (excludes halogenated alkanes) is 32. The van der Waals surface area contributed by atoms with E-state index in [1.54, 1.807) is 0 Å². The first-order valence-corrected chi connectivity index (χ1v) is 27.6. The fraction of sp³-hybridized carbons (Fsp3) is 0.946. The maximum atomic E-state index is 12.8. The predicted molar refractivity (Wildman–Crippen MR) is 266 cm³/mol. The van der Waals surface area contributed by atoms with Crippen LogP contribution in [0.5, 0.6) is 0 Å². The van der Waals surface area contributed by atoms with E-state index in [2.05, 4.69) is 41.5 Å². The number of ether oxygens (including phenoxy) is 3. The van der Waals surface area contributed by atoms with Gasteiger partial charge in [0.25, 0.3) is 0 Å². The highest BCUT2D eigenvalue weighted by atomic mass is 16.6. The van der Waals surface area contributed by atoms with Crippen LogP contribution in [0.25, 0.3) is 0 Å². The molecule has 0 aliphatic rings. The van der Waals surface area contributed by atoms with Crippen molar-refractivity contribution >= 4 is 17.9 Å². The van der Waals surface area contributed by atoms with Crippen LogP contribution in [0, 0.1) is 17.8 Å². The summed E-state index contributed by atoms with van der Waals surface area (Å²) < 4.78 is 16.9. The van der Waals surface area contributed by atoms with Gasteiger partial charge in [0.05, 0.1) is 0 Å². The minimum absolute atomic E-state index is 0.0641. The van der Waals surface area contributed by atoms with Gasteiger partial charge in [0.2, 0.25) is 0 Å². The summed E-state index contributed by atoms with van der Waals surface area (Å²) in [6.45, 7) is 13.7. The molecular formula is C56H108O6. The van der Waals surface area contributed by atoms with E-state index in [9.17, 15) is 14.4 Å². The molecule has 368 valence electrons. The third-order valence-electron chi connectivity index (χ3n) is 12.6. The highest BCUT2D eigenvalue weighted by Gasteiger charge is 2.19. The maximum absolute atomic E-state index is 12.8. The second-order valence-corrected chi connectivity index (χ2v) is 20.6. The van der Waals surface area contributed by atoms with Gasteiger partial charge in [-0.15, -0.1) is 0 Å². The fourth-order valence-corrected chi connectivity index (χ4v) is 8.47. The molecule has 0 aromatic rings. The minimum Gasteiger partial charge on any atom is -0.462 e. The van der Waals surface area contributed by atoms with E-state index in [4.69, 9.17) is 14.2 Å². The van der Waals surface area contributed by atoms with E-state index in [1.165, 1.54) is 186 Å². The highest BCUT2D eigenvalue weighted by Crippen LogP contribution is 2.18. The maximum Gasteiger partial charge on any atom is 0.306 e. The first-order chi connectivity index (χ1) is 30.1. The number of hydrogen-bond acceptors (Lipinski definition) is 6. The lowest BCUT2D eigenvalue weighted by Crippen LogP contribution is -2.30. The van der Waals surface area contributed by atoms with Crippen LogP contribution in [0.2, 0.25) is 0 Å². The Morgan fingerprint density at radius 3 is 0.694 bits per heavy atom. The van der Waals surface area contributed by atoms with Crippen molar-refractivity contribution in [1.29, 1.82) is 0 Å². The zero-order chi connectivity index (χ0) is 45.6. The van der Waals surface area contributed by atoms with Gasteiger partial charge >= 0.3 is 17.9 Å². The summed E-state index contributed by atoms with van der Waals surface area (Å²) in [7, 11) is 0. The van der Waals surface area contributed by atoms with Crippen molar-refractivity contribution in [1.82, 2.24) is 0 Å². The Morgan fingerprint density at radius 1 is 0.274 bits per heavy atom. The quantitative estimate of drug-likeness (QED) is 0.0344. The first-order valence-electron chi connectivity index (χ1n) is 27.6. The van der Waals surface area contributed by atoms with Crippen molar-refractivity contribution in [2.45, 2.75) is 311 Å². The second-order valence-electron chi connectivity index (χ2n) is 20.6. The normalized spacial score (nSPS) is 12.1. The Hall–Kier alpha value is -1.59. The van der Waals surface area contributed by atoms with E-state index in [0.29, 0.717) is 19.3 Å². The van der Waals surface area contributed by atoms with Gasteiger partial charge in [-0.05, 0) is 37.0 Å². The number of hydrogen-bond donors (Lipinski definition) is 0. The van der Waals surface area contributed by atoms with Crippen molar-refractivity contribution in [2.24, 2.45) is 17.8 Å². The lowest BCUT2D eigenvalue weighted by atomic mass is 10.0. The number of esters is 3. The van der Waals surface area contributed by atoms with Crippen LogP contribution in [0.15, 0.2) is 0 Å². The SMILES string of the molecule is CC(C)CCCCCCCCCCCCCCCCCC(=O)OC[C@@H](COC(=O)CCCCCCCCCCCCC(C)C)OC(=O)CCCCCCCCCCCCC(C)C. The van der Waals surface area contributed by atoms with Crippen LogP contribution in [0.3, 0.4) is 0 Å². The fourth-order valence-electron chi connectivity index (χ4n) is 8.47. The van der Waals surface area contributed by atoms with Gasteiger partial charge in [0.1, 0.15) is 13.2 Å². The number of carbonyl (C=O) groups is 3. The van der Waals surface area contributed by atoms with Crippen molar-refractivity contribution in [3.8, 4) is 0 Å². The van der Waals surface area contributed by atoms with E-state index < -0.39 is 6.10 Å². The molecule has 0 spiro atoms. The van der Waals surface area contributed by atoms with Crippen molar-refractivity contribution in [3.63, 3.8) is 0 Å². The highest BCUT2D eigenvalue weighted by molar-refractivity contribution is 5.71. The predicted octanol–water partition coefficient (Wildman–Crippen LogP) is 17.9. The Morgan fingerprint density at radius 2 is 0.468 bits per heavy atom. The third-order valence-corrected chi connectivity index (χ3v) is 12.6. The van der Waals surface area contributed by atoms with E-state index in [-0.39, 0.29) is 31.1 Å². The summed E-state index contributed by atoms with van der Waals surface area (Å²) >= 11 is 0. The Kier molecular flexibility index (Phi) is 46.2. The molecule has 62 heavy (non-hydrogen) atoms. The summed E-state index contributed by atoms with van der Waals surface area (Å²) in [5.41, 5.74) is 0. The average Bonchev–Trinajstić information content (AvgIpc) is 3.23. The van der Waals surface area contributed by atoms with Crippen LogP contribution < -0.4 is 0 Å². The molecule has 0 saturated carbocycles. The topological polar surface area (TPSA) is 78.9 Å². The van der Waals surface area contributed by atoms with Gasteiger partial charge in [-0.1, -0.05) is 266 Å². The molecule has 1 atom stereocenters. The summed E-state index contributed by atoms with van der Waals surface area (Å²) in [6, 6.07) is 0. The second kappa shape index (κ2) is 47.4. The summed E-state index contributed by atoms with van der Waals surface area (Å²) in [6.07, 6.45) is 48.1. The summed E-state index contributed by atoms with van der Waals surface area (Å²) in [4.78, 5) is 38.0. The molecule has 0 saturated heterocycles. The lowest BCUT2D eigenvalue weighted by molar-refractivity contribution is -0.167. The van der Waals surface area contributed by atoms with Crippen LogP contribution in [-0.2, 0) is 28.6 Å². The number of rotatable bonds is 49. The smallest absolute Gasteiger partial charge is 0.306 e. The van der Waals surface area contributed by atoms with Gasteiger partial charge in [-0.2, -0.15) is 0 Å². The third kappa shape index (κ3) is 49.4.